The minimum Gasteiger partial charge on any atom is -0.366 e. The van der Waals surface area contributed by atoms with E-state index in [9.17, 15) is 9.18 Å². The van der Waals surface area contributed by atoms with Crippen molar-refractivity contribution in [3.8, 4) is 0 Å². The summed E-state index contributed by atoms with van der Waals surface area (Å²) in [6.07, 6.45) is 0. The van der Waals surface area contributed by atoms with Crippen LogP contribution in [0.25, 0.3) is 0 Å². The van der Waals surface area contributed by atoms with Crippen LogP contribution in [0, 0.1) is 5.82 Å². The van der Waals surface area contributed by atoms with Gasteiger partial charge >= 0.3 is 0 Å². The van der Waals surface area contributed by atoms with Gasteiger partial charge in [-0.3, -0.25) is 4.79 Å². The van der Waals surface area contributed by atoms with Crippen molar-refractivity contribution >= 4 is 17.7 Å². The largest absolute Gasteiger partial charge is 0.366 e. The number of carbonyl (C=O) groups is 1. The van der Waals surface area contributed by atoms with Crippen molar-refractivity contribution in [2.45, 2.75) is 17.5 Å². The zero-order valence-electron chi connectivity index (χ0n) is 10.5. The monoisotopic (exact) mass is 296 g/mol. The molecular weight excluding hydrogens is 283 g/mol. The Morgan fingerprint density at radius 2 is 2.25 bits per heavy atom. The van der Waals surface area contributed by atoms with Crippen LogP contribution in [0.1, 0.15) is 15.9 Å². The van der Waals surface area contributed by atoms with Crippen LogP contribution in [0.5, 0.6) is 0 Å². The van der Waals surface area contributed by atoms with Crippen molar-refractivity contribution in [2.75, 3.05) is 6.54 Å². The molecule has 1 aromatic carbocycles. The Morgan fingerprint density at radius 1 is 1.45 bits per heavy atom. The number of rotatable bonds is 6. The Kier molecular flexibility index (Phi) is 4.64. The molecule has 1 amide bonds. The Morgan fingerprint density at radius 3 is 2.90 bits per heavy atom. The molecule has 20 heavy (non-hydrogen) atoms. The third kappa shape index (κ3) is 3.31. The highest BCUT2D eigenvalue weighted by Crippen LogP contribution is 2.22. The molecule has 0 bridgehead atoms. The van der Waals surface area contributed by atoms with Crippen LogP contribution in [0.2, 0.25) is 0 Å². The van der Waals surface area contributed by atoms with Gasteiger partial charge in [0, 0.05) is 17.9 Å². The van der Waals surface area contributed by atoms with Crippen LogP contribution in [0.15, 0.2) is 23.4 Å². The van der Waals surface area contributed by atoms with E-state index in [-0.39, 0.29) is 5.56 Å². The van der Waals surface area contributed by atoms with Gasteiger partial charge in [-0.25, -0.2) is 9.07 Å². The summed E-state index contributed by atoms with van der Waals surface area (Å²) >= 11 is 1.29. The molecule has 1 heterocycles. The number of primary amides is 1. The number of hydrogen-bond acceptors (Lipinski definition) is 6. The topological polar surface area (TPSA) is 113 Å². The highest BCUT2D eigenvalue weighted by molar-refractivity contribution is 7.98. The van der Waals surface area contributed by atoms with E-state index in [1.165, 1.54) is 23.9 Å². The predicted molar refractivity (Wildman–Crippen MR) is 71.4 cm³/mol. The zero-order valence-corrected chi connectivity index (χ0v) is 11.3. The fourth-order valence-corrected chi connectivity index (χ4v) is 2.41. The van der Waals surface area contributed by atoms with Gasteiger partial charge in [0.1, 0.15) is 5.82 Å². The van der Waals surface area contributed by atoms with Gasteiger partial charge in [-0.05, 0) is 28.1 Å². The first-order valence-electron chi connectivity index (χ1n) is 5.79. The summed E-state index contributed by atoms with van der Waals surface area (Å²) < 4.78 is 15.3. The van der Waals surface area contributed by atoms with Gasteiger partial charge in [0.05, 0.1) is 6.54 Å². The minimum atomic E-state index is -0.657. The summed E-state index contributed by atoms with van der Waals surface area (Å²) in [4.78, 5) is 10.9. The summed E-state index contributed by atoms with van der Waals surface area (Å²) in [5, 5.41) is 11.7. The molecule has 7 nitrogen and oxygen atoms in total. The number of aromatic nitrogens is 4. The number of thioether (sulfide) groups is 1. The van der Waals surface area contributed by atoms with Gasteiger partial charge in [0.25, 0.3) is 0 Å². The number of tetrazole rings is 1. The summed E-state index contributed by atoms with van der Waals surface area (Å²) in [7, 11) is 0. The first-order chi connectivity index (χ1) is 9.61. The van der Waals surface area contributed by atoms with Gasteiger partial charge in [-0.2, -0.15) is 0 Å². The van der Waals surface area contributed by atoms with Crippen molar-refractivity contribution in [2.24, 2.45) is 11.5 Å². The summed E-state index contributed by atoms with van der Waals surface area (Å²) in [5.41, 5.74) is 11.1. The van der Waals surface area contributed by atoms with Gasteiger partial charge in [0.15, 0.2) is 0 Å². The van der Waals surface area contributed by atoms with Crippen molar-refractivity contribution in [3.63, 3.8) is 0 Å². The average molecular weight is 296 g/mol. The molecule has 2 rings (SSSR count). The predicted octanol–water partition coefficient (Wildman–Crippen LogP) is 0.162. The van der Waals surface area contributed by atoms with Gasteiger partial charge in [0.2, 0.25) is 11.1 Å². The zero-order chi connectivity index (χ0) is 14.5. The Balaban J connectivity index is 2.07. The molecule has 106 valence electrons. The van der Waals surface area contributed by atoms with E-state index in [4.69, 9.17) is 11.5 Å². The molecule has 0 unspecified atom stereocenters. The third-order valence-electron chi connectivity index (χ3n) is 2.53. The molecule has 4 N–H and O–H groups in total. The lowest BCUT2D eigenvalue weighted by molar-refractivity contribution is 0.1000. The molecule has 0 aliphatic carbocycles. The standard InChI is InChI=1S/C11H13FN6OS/c12-9-5-7(10(14)19)1-2-8(9)6-20-11-15-16-17-18(11)4-3-13/h1-2,5H,3-4,6,13H2,(H2,14,19). The lowest BCUT2D eigenvalue weighted by Crippen LogP contribution is -2.12. The maximum Gasteiger partial charge on any atom is 0.248 e. The Labute approximate surface area is 118 Å². The lowest BCUT2D eigenvalue weighted by atomic mass is 10.1. The molecule has 0 aliphatic heterocycles. The number of amides is 1. The molecule has 0 fully saturated rings. The fourth-order valence-electron chi connectivity index (χ4n) is 1.52. The SMILES string of the molecule is NCCn1nnnc1SCc1ccc(C(N)=O)cc1F. The summed E-state index contributed by atoms with van der Waals surface area (Å²) in [6, 6.07) is 4.14. The highest BCUT2D eigenvalue weighted by Gasteiger charge is 2.10. The van der Waals surface area contributed by atoms with Gasteiger partial charge in [-0.15, -0.1) is 5.10 Å². The molecule has 0 radical (unpaired) electrons. The molecule has 0 atom stereocenters. The number of benzene rings is 1. The van der Waals surface area contributed by atoms with E-state index in [1.54, 1.807) is 4.68 Å². The van der Waals surface area contributed by atoms with Crippen LogP contribution >= 0.6 is 11.8 Å². The van der Waals surface area contributed by atoms with E-state index in [2.05, 4.69) is 15.5 Å². The van der Waals surface area contributed by atoms with E-state index in [0.29, 0.717) is 29.6 Å². The van der Waals surface area contributed by atoms with E-state index < -0.39 is 11.7 Å². The molecule has 9 heteroatoms. The van der Waals surface area contributed by atoms with Crippen LogP contribution in [-0.2, 0) is 12.3 Å². The van der Waals surface area contributed by atoms with E-state index in [0.717, 1.165) is 6.07 Å². The molecule has 0 saturated heterocycles. The molecule has 1 aromatic heterocycles. The molecule has 0 saturated carbocycles. The number of carbonyl (C=O) groups excluding carboxylic acids is 1. The van der Waals surface area contributed by atoms with Crippen LogP contribution in [0.3, 0.4) is 0 Å². The van der Waals surface area contributed by atoms with Crippen molar-refractivity contribution in [3.05, 3.63) is 35.1 Å². The van der Waals surface area contributed by atoms with Crippen LogP contribution in [0.4, 0.5) is 4.39 Å². The lowest BCUT2D eigenvalue weighted by Gasteiger charge is -2.05. The maximum absolute atomic E-state index is 13.8. The number of halogens is 1. The number of nitrogens with zero attached hydrogens (tertiary/aromatic N) is 4. The molecule has 2 aromatic rings. The Bertz CT molecular complexity index is 617. The molecular formula is C11H13FN6OS. The van der Waals surface area contributed by atoms with Gasteiger partial charge < -0.3 is 11.5 Å². The first-order valence-corrected chi connectivity index (χ1v) is 6.77. The number of hydrogen-bond donors (Lipinski definition) is 2. The average Bonchev–Trinajstić information content (AvgIpc) is 2.85. The maximum atomic E-state index is 13.8. The number of nitrogens with two attached hydrogens (primary N) is 2. The van der Waals surface area contributed by atoms with Gasteiger partial charge in [-0.1, -0.05) is 17.8 Å². The summed E-state index contributed by atoms with van der Waals surface area (Å²) in [6.45, 7) is 0.915. The summed E-state index contributed by atoms with van der Waals surface area (Å²) in [5.74, 6) is -0.794. The highest BCUT2D eigenvalue weighted by atomic mass is 32.2. The quantitative estimate of drug-likeness (QED) is 0.734. The molecule has 0 spiro atoms. The second-order valence-corrected chi connectivity index (χ2v) is 4.87. The van der Waals surface area contributed by atoms with E-state index >= 15 is 0 Å². The van der Waals surface area contributed by atoms with Crippen molar-refractivity contribution < 1.29 is 9.18 Å². The minimum absolute atomic E-state index is 0.143. The fraction of sp³-hybridized carbons (Fsp3) is 0.273. The smallest absolute Gasteiger partial charge is 0.248 e. The Hall–Kier alpha value is -2.00. The third-order valence-corrected chi connectivity index (χ3v) is 3.54. The van der Waals surface area contributed by atoms with Crippen LogP contribution < -0.4 is 11.5 Å². The van der Waals surface area contributed by atoms with E-state index in [1.807, 2.05) is 0 Å². The normalized spacial score (nSPS) is 10.7. The van der Waals surface area contributed by atoms with Crippen molar-refractivity contribution in [1.29, 1.82) is 0 Å². The van der Waals surface area contributed by atoms with Crippen molar-refractivity contribution in [1.82, 2.24) is 20.2 Å². The van der Waals surface area contributed by atoms with Crippen LogP contribution in [-0.4, -0.2) is 32.7 Å². The second-order valence-electron chi connectivity index (χ2n) is 3.93. The second kappa shape index (κ2) is 6.44. The molecule has 0 aliphatic rings. The first kappa shape index (κ1) is 14.4.